The molecular weight excluding hydrogens is 380 g/mol. The number of methoxy groups -OCH3 is 1. The van der Waals surface area contributed by atoms with Crippen molar-refractivity contribution in [2.24, 2.45) is 0 Å². The van der Waals surface area contributed by atoms with Crippen LogP contribution in [0.3, 0.4) is 0 Å². The molecule has 0 saturated carbocycles. The van der Waals surface area contributed by atoms with E-state index in [1.807, 2.05) is 26.8 Å². The Hall–Kier alpha value is -2.39. The summed E-state index contributed by atoms with van der Waals surface area (Å²) in [6.45, 7) is 6.89. The third kappa shape index (κ3) is 3.90. The van der Waals surface area contributed by atoms with Gasteiger partial charge in [-0.05, 0) is 51.1 Å². The van der Waals surface area contributed by atoms with Gasteiger partial charge in [0.15, 0.2) is 0 Å². The van der Waals surface area contributed by atoms with Gasteiger partial charge in [0.05, 0.1) is 17.7 Å². The molecule has 1 aliphatic rings. The van der Waals surface area contributed by atoms with Crippen LogP contribution in [0.4, 0.5) is 0 Å². The minimum absolute atomic E-state index is 0.0484. The highest BCUT2D eigenvalue weighted by Crippen LogP contribution is 2.22. The van der Waals surface area contributed by atoms with Gasteiger partial charge in [0.25, 0.3) is 0 Å². The van der Waals surface area contributed by atoms with Gasteiger partial charge in [-0.2, -0.15) is 9.40 Å². The highest BCUT2D eigenvalue weighted by molar-refractivity contribution is 7.89. The monoisotopic (exact) mass is 406 g/mol. The summed E-state index contributed by atoms with van der Waals surface area (Å²) < 4.78 is 33.9. The first kappa shape index (κ1) is 20.3. The summed E-state index contributed by atoms with van der Waals surface area (Å²) in [5.74, 6) is 0.556. The Morgan fingerprint density at radius 1 is 1.11 bits per heavy atom. The Balaban J connectivity index is 1.66. The molecule has 9 heteroatoms. The fraction of sp³-hybridized carbons (Fsp3) is 0.474. The number of carbonyl (C=O) groups is 1. The molecule has 0 spiro atoms. The highest BCUT2D eigenvalue weighted by Gasteiger charge is 2.32. The number of nitrogens with zero attached hydrogens (tertiary/aromatic N) is 4. The van der Waals surface area contributed by atoms with E-state index in [2.05, 4.69) is 5.10 Å². The van der Waals surface area contributed by atoms with E-state index in [0.717, 1.165) is 11.4 Å². The van der Waals surface area contributed by atoms with Crippen LogP contribution in [-0.4, -0.2) is 66.6 Å². The standard InChI is InChI=1S/C19H26N4O4S/c1-14-13-15(2)23(20-14)16(3)19(24)21-9-11-22(12-10-21)28(25,26)18-7-5-17(27-4)6-8-18/h5-8,13,16H,9-12H2,1-4H3. The molecule has 2 aromatic rings. The quantitative estimate of drug-likeness (QED) is 0.753. The van der Waals surface area contributed by atoms with Crippen LogP contribution in [0.25, 0.3) is 0 Å². The molecule has 28 heavy (non-hydrogen) atoms. The fourth-order valence-corrected chi connectivity index (χ4v) is 4.87. The summed E-state index contributed by atoms with van der Waals surface area (Å²) >= 11 is 0. The number of amides is 1. The largest absolute Gasteiger partial charge is 0.497 e. The van der Waals surface area contributed by atoms with E-state index >= 15 is 0 Å². The maximum atomic E-state index is 12.8. The van der Waals surface area contributed by atoms with Crippen molar-refractivity contribution in [2.45, 2.75) is 31.7 Å². The predicted molar refractivity (Wildman–Crippen MR) is 105 cm³/mol. The summed E-state index contributed by atoms with van der Waals surface area (Å²) in [7, 11) is -2.06. The number of aryl methyl sites for hydroxylation is 2. The first-order valence-corrected chi connectivity index (χ1v) is 10.6. The Kier molecular flexibility index (Phi) is 5.76. The first-order chi connectivity index (χ1) is 13.2. The Labute approximate surface area is 165 Å². The molecule has 1 fully saturated rings. The normalized spacial score (nSPS) is 16.8. The second-order valence-corrected chi connectivity index (χ2v) is 8.89. The number of hydrogen-bond donors (Lipinski definition) is 0. The SMILES string of the molecule is COc1ccc(S(=O)(=O)N2CCN(C(=O)C(C)n3nc(C)cc3C)CC2)cc1. The maximum Gasteiger partial charge on any atom is 0.247 e. The topological polar surface area (TPSA) is 84.7 Å². The van der Waals surface area contributed by atoms with Crippen molar-refractivity contribution < 1.29 is 17.9 Å². The van der Waals surface area contributed by atoms with Gasteiger partial charge in [-0.25, -0.2) is 8.42 Å². The van der Waals surface area contributed by atoms with Gasteiger partial charge in [-0.3, -0.25) is 9.48 Å². The highest BCUT2D eigenvalue weighted by atomic mass is 32.2. The first-order valence-electron chi connectivity index (χ1n) is 9.20. The molecule has 1 unspecified atom stereocenters. The van der Waals surface area contributed by atoms with E-state index in [0.29, 0.717) is 18.8 Å². The van der Waals surface area contributed by atoms with Gasteiger partial charge in [0.1, 0.15) is 11.8 Å². The number of piperazine rings is 1. The average molecular weight is 407 g/mol. The molecule has 1 saturated heterocycles. The van der Waals surface area contributed by atoms with Crippen LogP contribution in [-0.2, 0) is 14.8 Å². The van der Waals surface area contributed by atoms with Gasteiger partial charge in [0.2, 0.25) is 15.9 Å². The third-order valence-electron chi connectivity index (χ3n) is 5.02. The van der Waals surface area contributed by atoms with E-state index in [1.54, 1.807) is 21.7 Å². The molecule has 2 heterocycles. The zero-order chi connectivity index (χ0) is 20.5. The summed E-state index contributed by atoms with van der Waals surface area (Å²) in [6.07, 6.45) is 0. The van der Waals surface area contributed by atoms with Crippen LogP contribution in [0.15, 0.2) is 35.2 Å². The van der Waals surface area contributed by atoms with Gasteiger partial charge < -0.3 is 9.64 Å². The van der Waals surface area contributed by atoms with Crippen molar-refractivity contribution >= 4 is 15.9 Å². The molecule has 1 aliphatic heterocycles. The van der Waals surface area contributed by atoms with Gasteiger partial charge >= 0.3 is 0 Å². The Morgan fingerprint density at radius 3 is 2.21 bits per heavy atom. The van der Waals surface area contributed by atoms with Crippen molar-refractivity contribution in [1.29, 1.82) is 0 Å². The van der Waals surface area contributed by atoms with Gasteiger partial charge in [-0.15, -0.1) is 0 Å². The van der Waals surface area contributed by atoms with Crippen LogP contribution in [0.5, 0.6) is 5.75 Å². The lowest BCUT2D eigenvalue weighted by molar-refractivity contribution is -0.135. The van der Waals surface area contributed by atoms with Crippen molar-refractivity contribution in [1.82, 2.24) is 19.0 Å². The number of rotatable bonds is 5. The van der Waals surface area contributed by atoms with E-state index in [1.165, 1.54) is 23.5 Å². The Morgan fingerprint density at radius 2 is 1.71 bits per heavy atom. The van der Waals surface area contributed by atoms with Crippen molar-refractivity contribution in [2.75, 3.05) is 33.3 Å². The van der Waals surface area contributed by atoms with E-state index in [-0.39, 0.29) is 23.9 Å². The summed E-state index contributed by atoms with van der Waals surface area (Å²) in [5, 5.41) is 4.39. The zero-order valence-electron chi connectivity index (χ0n) is 16.6. The molecule has 1 aromatic heterocycles. The van der Waals surface area contributed by atoms with Crippen LogP contribution in [0.1, 0.15) is 24.4 Å². The minimum atomic E-state index is -3.59. The van der Waals surface area contributed by atoms with E-state index < -0.39 is 16.1 Å². The van der Waals surface area contributed by atoms with Crippen LogP contribution in [0, 0.1) is 13.8 Å². The molecule has 1 amide bonds. The average Bonchev–Trinajstić information content (AvgIpc) is 3.05. The second-order valence-electron chi connectivity index (χ2n) is 6.95. The fourth-order valence-electron chi connectivity index (χ4n) is 3.45. The summed E-state index contributed by atoms with van der Waals surface area (Å²) in [4.78, 5) is 14.8. The lowest BCUT2D eigenvalue weighted by Gasteiger charge is -2.35. The van der Waals surface area contributed by atoms with Crippen LogP contribution < -0.4 is 4.74 Å². The van der Waals surface area contributed by atoms with Crippen LogP contribution >= 0.6 is 0 Å². The molecule has 0 N–H and O–H groups in total. The predicted octanol–water partition coefficient (Wildman–Crippen LogP) is 1.60. The molecule has 1 atom stereocenters. The zero-order valence-corrected chi connectivity index (χ0v) is 17.4. The number of aromatic nitrogens is 2. The Bertz CT molecular complexity index is 945. The number of hydrogen-bond acceptors (Lipinski definition) is 5. The minimum Gasteiger partial charge on any atom is -0.497 e. The van der Waals surface area contributed by atoms with Crippen molar-refractivity contribution in [3.63, 3.8) is 0 Å². The van der Waals surface area contributed by atoms with E-state index in [4.69, 9.17) is 4.74 Å². The molecular formula is C19H26N4O4S. The number of ether oxygens (including phenoxy) is 1. The number of benzene rings is 1. The molecule has 0 bridgehead atoms. The summed E-state index contributed by atoms with van der Waals surface area (Å²) in [5.41, 5.74) is 1.80. The maximum absolute atomic E-state index is 12.8. The molecule has 8 nitrogen and oxygen atoms in total. The lowest BCUT2D eigenvalue weighted by Crippen LogP contribution is -2.51. The molecule has 0 radical (unpaired) electrons. The lowest BCUT2D eigenvalue weighted by atomic mass is 10.2. The number of carbonyl (C=O) groups excluding carboxylic acids is 1. The number of sulfonamides is 1. The smallest absolute Gasteiger partial charge is 0.247 e. The molecule has 3 rings (SSSR count). The third-order valence-corrected chi connectivity index (χ3v) is 6.93. The summed E-state index contributed by atoms with van der Waals surface area (Å²) in [6, 6.07) is 7.85. The van der Waals surface area contributed by atoms with Gasteiger partial charge in [-0.1, -0.05) is 0 Å². The van der Waals surface area contributed by atoms with Gasteiger partial charge in [0, 0.05) is 31.9 Å². The second kappa shape index (κ2) is 7.92. The van der Waals surface area contributed by atoms with Crippen molar-refractivity contribution in [3.8, 4) is 5.75 Å². The van der Waals surface area contributed by atoms with Crippen molar-refractivity contribution in [3.05, 3.63) is 41.7 Å². The van der Waals surface area contributed by atoms with E-state index in [9.17, 15) is 13.2 Å². The molecule has 152 valence electrons. The molecule has 0 aliphatic carbocycles. The van der Waals surface area contributed by atoms with Crippen LogP contribution in [0.2, 0.25) is 0 Å². The molecule has 1 aromatic carbocycles.